The molecule has 0 fully saturated rings. The van der Waals surface area contributed by atoms with Crippen LogP contribution in [-0.2, 0) is 0 Å². The summed E-state index contributed by atoms with van der Waals surface area (Å²) in [5, 5.41) is 2.65. The summed E-state index contributed by atoms with van der Waals surface area (Å²) in [7, 11) is 0. The Balaban J connectivity index is 2.27. The monoisotopic (exact) mass is 323 g/mol. The van der Waals surface area contributed by atoms with Crippen molar-refractivity contribution in [3.05, 3.63) is 72.1 Å². The Bertz CT molecular complexity index is 756. The van der Waals surface area contributed by atoms with Crippen molar-refractivity contribution < 1.29 is 9.59 Å². The summed E-state index contributed by atoms with van der Waals surface area (Å²) >= 11 is 0. The van der Waals surface area contributed by atoms with Crippen LogP contribution in [0.15, 0.2) is 55.1 Å². The topological polar surface area (TPSA) is 62.3 Å². The van der Waals surface area contributed by atoms with Gasteiger partial charge in [-0.05, 0) is 43.7 Å². The van der Waals surface area contributed by atoms with Gasteiger partial charge in [0.2, 0.25) is 0 Å². The van der Waals surface area contributed by atoms with Crippen LogP contribution in [-0.4, -0.2) is 29.9 Å². The minimum atomic E-state index is -0.330. The molecule has 0 aliphatic heterocycles. The van der Waals surface area contributed by atoms with Crippen LogP contribution in [0.1, 0.15) is 33.5 Å². The molecule has 0 atom stereocenters. The predicted molar refractivity (Wildman–Crippen MR) is 95.3 cm³/mol. The first-order chi connectivity index (χ1) is 11.6. The van der Waals surface area contributed by atoms with E-state index < -0.39 is 0 Å². The number of aromatic nitrogens is 1. The lowest BCUT2D eigenvalue weighted by molar-refractivity contribution is 0.0952. The molecule has 1 heterocycles. The Hall–Kier alpha value is -2.95. The fraction of sp³-hybridized carbons (Fsp3) is 0.211. The number of pyridine rings is 1. The van der Waals surface area contributed by atoms with E-state index in [0.717, 1.165) is 11.3 Å². The third-order valence-corrected chi connectivity index (χ3v) is 3.48. The van der Waals surface area contributed by atoms with Crippen molar-refractivity contribution in [2.24, 2.45) is 0 Å². The van der Waals surface area contributed by atoms with E-state index in [1.54, 1.807) is 29.2 Å². The maximum absolute atomic E-state index is 12.8. The second-order valence-corrected chi connectivity index (χ2v) is 5.30. The Labute approximate surface area is 142 Å². The molecule has 0 aliphatic rings. The molecule has 2 rings (SSSR count). The van der Waals surface area contributed by atoms with E-state index in [1.165, 1.54) is 0 Å². The lowest BCUT2D eigenvalue weighted by Gasteiger charge is -2.21. The van der Waals surface area contributed by atoms with Crippen LogP contribution < -0.4 is 10.2 Å². The standard InChI is InChI=1S/C19H21N3O2/c1-4-12-20-18(23)16-10-7-11-17(21-16)19(24)22(5-2)15-9-6-8-14(3)13-15/h4,6-11,13H,1,5,12H2,2-3H3,(H,20,23). The fourth-order valence-corrected chi connectivity index (χ4v) is 2.31. The summed E-state index contributed by atoms with van der Waals surface area (Å²) in [4.78, 5) is 30.6. The zero-order chi connectivity index (χ0) is 17.5. The maximum atomic E-state index is 12.8. The number of aryl methyl sites for hydroxylation is 1. The van der Waals surface area contributed by atoms with E-state index in [4.69, 9.17) is 0 Å². The summed E-state index contributed by atoms with van der Waals surface area (Å²) in [5.41, 5.74) is 2.34. The number of benzene rings is 1. The van der Waals surface area contributed by atoms with Gasteiger partial charge in [0.25, 0.3) is 11.8 Å². The highest BCUT2D eigenvalue weighted by atomic mass is 16.2. The third kappa shape index (κ3) is 4.07. The number of amides is 2. The number of nitrogens with zero attached hydrogens (tertiary/aromatic N) is 2. The number of hydrogen-bond donors (Lipinski definition) is 1. The zero-order valence-corrected chi connectivity index (χ0v) is 14.0. The van der Waals surface area contributed by atoms with Crippen molar-refractivity contribution >= 4 is 17.5 Å². The molecular weight excluding hydrogens is 302 g/mol. The van der Waals surface area contributed by atoms with Crippen LogP contribution >= 0.6 is 0 Å². The average molecular weight is 323 g/mol. The van der Waals surface area contributed by atoms with Gasteiger partial charge in [-0.25, -0.2) is 4.98 Å². The van der Waals surface area contributed by atoms with Gasteiger partial charge in [-0.3, -0.25) is 9.59 Å². The fourth-order valence-electron chi connectivity index (χ4n) is 2.31. The van der Waals surface area contributed by atoms with E-state index in [0.29, 0.717) is 13.1 Å². The van der Waals surface area contributed by atoms with Gasteiger partial charge in [-0.2, -0.15) is 0 Å². The van der Waals surface area contributed by atoms with E-state index in [2.05, 4.69) is 16.9 Å². The molecule has 0 radical (unpaired) electrons. The first-order valence-electron chi connectivity index (χ1n) is 7.81. The first-order valence-corrected chi connectivity index (χ1v) is 7.81. The number of rotatable bonds is 6. The molecule has 0 bridgehead atoms. The van der Waals surface area contributed by atoms with Crippen molar-refractivity contribution in [1.82, 2.24) is 10.3 Å². The van der Waals surface area contributed by atoms with Gasteiger partial charge in [0, 0.05) is 18.8 Å². The Morgan fingerprint density at radius 3 is 2.58 bits per heavy atom. The van der Waals surface area contributed by atoms with Gasteiger partial charge in [0.15, 0.2) is 0 Å². The molecule has 24 heavy (non-hydrogen) atoms. The summed E-state index contributed by atoms with van der Waals surface area (Å²) in [6.45, 7) is 8.29. The summed E-state index contributed by atoms with van der Waals surface area (Å²) in [6, 6.07) is 12.6. The van der Waals surface area contributed by atoms with E-state index in [9.17, 15) is 9.59 Å². The molecule has 2 amide bonds. The third-order valence-electron chi connectivity index (χ3n) is 3.48. The van der Waals surface area contributed by atoms with E-state index >= 15 is 0 Å². The Morgan fingerprint density at radius 2 is 1.92 bits per heavy atom. The van der Waals surface area contributed by atoms with Crippen molar-refractivity contribution in [1.29, 1.82) is 0 Å². The lowest BCUT2D eigenvalue weighted by atomic mass is 10.2. The Kier molecular flexibility index (Phi) is 5.84. The van der Waals surface area contributed by atoms with Gasteiger partial charge in [-0.15, -0.1) is 6.58 Å². The van der Waals surface area contributed by atoms with E-state index in [1.807, 2.05) is 38.1 Å². The molecule has 0 saturated heterocycles. The molecular formula is C19H21N3O2. The molecule has 0 saturated carbocycles. The molecule has 2 aromatic rings. The molecule has 1 aromatic carbocycles. The SMILES string of the molecule is C=CCNC(=O)c1cccc(C(=O)N(CC)c2cccc(C)c2)n1. The average Bonchev–Trinajstić information content (AvgIpc) is 2.60. The van der Waals surface area contributed by atoms with Gasteiger partial charge in [-0.1, -0.05) is 24.3 Å². The predicted octanol–water partition coefficient (Wildman–Crippen LogP) is 2.97. The number of carbonyl (C=O) groups is 2. The second-order valence-electron chi connectivity index (χ2n) is 5.30. The maximum Gasteiger partial charge on any atom is 0.276 e. The van der Waals surface area contributed by atoms with Crippen LogP contribution in [0, 0.1) is 6.92 Å². The van der Waals surface area contributed by atoms with Gasteiger partial charge in [0.1, 0.15) is 11.4 Å². The normalized spacial score (nSPS) is 10.1. The molecule has 124 valence electrons. The molecule has 5 nitrogen and oxygen atoms in total. The molecule has 0 unspecified atom stereocenters. The quantitative estimate of drug-likeness (QED) is 0.831. The van der Waals surface area contributed by atoms with Crippen LogP contribution in [0.4, 0.5) is 5.69 Å². The molecule has 0 spiro atoms. The minimum Gasteiger partial charge on any atom is -0.347 e. The summed E-state index contributed by atoms with van der Waals surface area (Å²) in [5.74, 6) is -0.565. The number of anilines is 1. The van der Waals surface area contributed by atoms with Crippen LogP contribution in [0.25, 0.3) is 0 Å². The summed E-state index contributed by atoms with van der Waals surface area (Å²) in [6.07, 6.45) is 1.59. The van der Waals surface area contributed by atoms with E-state index in [-0.39, 0.29) is 23.2 Å². The van der Waals surface area contributed by atoms with Crippen LogP contribution in [0.3, 0.4) is 0 Å². The summed E-state index contributed by atoms with van der Waals surface area (Å²) < 4.78 is 0. The number of hydrogen-bond acceptors (Lipinski definition) is 3. The van der Waals surface area contributed by atoms with Crippen molar-refractivity contribution in [2.75, 3.05) is 18.0 Å². The second kappa shape index (κ2) is 8.06. The lowest BCUT2D eigenvalue weighted by Crippen LogP contribution is -2.32. The Morgan fingerprint density at radius 1 is 1.21 bits per heavy atom. The van der Waals surface area contributed by atoms with Crippen LogP contribution in [0.5, 0.6) is 0 Å². The van der Waals surface area contributed by atoms with Gasteiger partial charge >= 0.3 is 0 Å². The highest BCUT2D eigenvalue weighted by Crippen LogP contribution is 2.18. The molecule has 5 heteroatoms. The first kappa shape index (κ1) is 17.4. The molecule has 1 N–H and O–H groups in total. The minimum absolute atomic E-state index is 0.211. The van der Waals surface area contributed by atoms with Crippen molar-refractivity contribution in [3.8, 4) is 0 Å². The van der Waals surface area contributed by atoms with Gasteiger partial charge in [0.05, 0.1) is 0 Å². The number of nitrogens with one attached hydrogen (secondary N) is 1. The number of carbonyl (C=O) groups excluding carboxylic acids is 2. The van der Waals surface area contributed by atoms with Gasteiger partial charge < -0.3 is 10.2 Å². The largest absolute Gasteiger partial charge is 0.347 e. The van der Waals surface area contributed by atoms with Crippen molar-refractivity contribution in [3.63, 3.8) is 0 Å². The highest BCUT2D eigenvalue weighted by Gasteiger charge is 2.19. The zero-order valence-electron chi connectivity index (χ0n) is 14.0. The molecule has 1 aromatic heterocycles. The van der Waals surface area contributed by atoms with Crippen molar-refractivity contribution in [2.45, 2.75) is 13.8 Å². The molecule has 0 aliphatic carbocycles. The highest BCUT2D eigenvalue weighted by molar-refractivity contribution is 6.05. The smallest absolute Gasteiger partial charge is 0.276 e. The van der Waals surface area contributed by atoms with Crippen LogP contribution in [0.2, 0.25) is 0 Å².